The minimum atomic E-state index is -0.161. The Balaban J connectivity index is 2.22. The van der Waals surface area contributed by atoms with Crippen molar-refractivity contribution in [2.24, 2.45) is 0 Å². The fourth-order valence-corrected chi connectivity index (χ4v) is 1.65. The van der Waals surface area contributed by atoms with Crippen molar-refractivity contribution in [3.63, 3.8) is 0 Å². The maximum atomic E-state index is 12.6. The molecule has 1 aromatic carbocycles. The molecule has 84 valence electrons. The van der Waals surface area contributed by atoms with E-state index in [0.29, 0.717) is 6.04 Å². The fraction of sp³-hybridized carbons (Fsp3) is 0.538. The van der Waals surface area contributed by atoms with E-state index < -0.39 is 0 Å². The second-order valence-corrected chi connectivity index (χ2v) is 4.02. The van der Waals surface area contributed by atoms with Gasteiger partial charge in [-0.05, 0) is 44.0 Å². The number of hydrogen-bond donors (Lipinski definition) is 1. The molecule has 0 amide bonds. The Labute approximate surface area is 91.7 Å². The van der Waals surface area contributed by atoms with E-state index in [1.807, 2.05) is 12.1 Å². The number of hydrogen-bond acceptors (Lipinski definition) is 1. The van der Waals surface area contributed by atoms with Crippen LogP contribution in [0.25, 0.3) is 0 Å². The Morgan fingerprint density at radius 3 is 2.53 bits per heavy atom. The molecule has 1 atom stereocenters. The zero-order chi connectivity index (χ0) is 11.1. The van der Waals surface area contributed by atoms with Gasteiger partial charge in [-0.15, -0.1) is 0 Å². The molecule has 0 saturated heterocycles. The molecule has 1 rings (SSSR count). The molecule has 1 N–H and O–H groups in total. The van der Waals surface area contributed by atoms with Gasteiger partial charge >= 0.3 is 0 Å². The van der Waals surface area contributed by atoms with Crippen molar-refractivity contribution in [1.82, 2.24) is 5.32 Å². The predicted octanol–water partition coefficient (Wildman–Crippen LogP) is 3.15. The highest BCUT2D eigenvalue weighted by Gasteiger charge is 1.99. The first kappa shape index (κ1) is 12.2. The van der Waals surface area contributed by atoms with E-state index >= 15 is 0 Å². The standard InChI is InChI=1S/C13H20FN/c1-3-4-11(2)15-10-9-12-5-7-13(14)8-6-12/h5-8,11,15H,3-4,9-10H2,1-2H3/t11-/m1/s1. The molecular formula is C13H20FN. The number of benzene rings is 1. The van der Waals surface area contributed by atoms with Crippen molar-refractivity contribution in [3.8, 4) is 0 Å². The first-order valence-corrected chi connectivity index (χ1v) is 5.70. The van der Waals surface area contributed by atoms with E-state index in [2.05, 4.69) is 19.2 Å². The van der Waals surface area contributed by atoms with Gasteiger partial charge in [-0.25, -0.2) is 4.39 Å². The van der Waals surface area contributed by atoms with E-state index in [-0.39, 0.29) is 5.82 Å². The smallest absolute Gasteiger partial charge is 0.123 e. The molecule has 0 saturated carbocycles. The van der Waals surface area contributed by atoms with Gasteiger partial charge in [-0.3, -0.25) is 0 Å². The van der Waals surface area contributed by atoms with Crippen LogP contribution in [0.4, 0.5) is 4.39 Å². The van der Waals surface area contributed by atoms with Crippen molar-refractivity contribution >= 4 is 0 Å². The first-order valence-electron chi connectivity index (χ1n) is 5.70. The van der Waals surface area contributed by atoms with Gasteiger partial charge in [0, 0.05) is 6.04 Å². The number of nitrogens with one attached hydrogen (secondary N) is 1. The molecule has 1 aromatic rings. The summed E-state index contributed by atoms with van der Waals surface area (Å²) in [5.74, 6) is -0.161. The zero-order valence-corrected chi connectivity index (χ0v) is 9.59. The Bertz CT molecular complexity index is 268. The van der Waals surface area contributed by atoms with Crippen LogP contribution in [-0.2, 0) is 6.42 Å². The second kappa shape index (κ2) is 6.57. The van der Waals surface area contributed by atoms with E-state index in [1.54, 1.807) is 0 Å². The van der Waals surface area contributed by atoms with Crippen molar-refractivity contribution < 1.29 is 4.39 Å². The number of rotatable bonds is 6. The summed E-state index contributed by atoms with van der Waals surface area (Å²) in [6.07, 6.45) is 3.39. The third-order valence-electron chi connectivity index (χ3n) is 2.54. The van der Waals surface area contributed by atoms with Gasteiger partial charge in [-0.1, -0.05) is 25.5 Å². The topological polar surface area (TPSA) is 12.0 Å². The predicted molar refractivity (Wildman–Crippen MR) is 62.5 cm³/mol. The molecule has 0 unspecified atom stereocenters. The summed E-state index contributed by atoms with van der Waals surface area (Å²) in [5, 5.41) is 3.45. The van der Waals surface area contributed by atoms with Gasteiger partial charge in [0.25, 0.3) is 0 Å². The highest BCUT2D eigenvalue weighted by atomic mass is 19.1. The van der Waals surface area contributed by atoms with Gasteiger partial charge in [-0.2, -0.15) is 0 Å². The van der Waals surface area contributed by atoms with Crippen LogP contribution in [0.2, 0.25) is 0 Å². The molecule has 0 spiro atoms. The Hall–Kier alpha value is -0.890. The second-order valence-electron chi connectivity index (χ2n) is 4.02. The molecule has 0 aliphatic carbocycles. The largest absolute Gasteiger partial charge is 0.314 e. The lowest BCUT2D eigenvalue weighted by Gasteiger charge is -2.12. The first-order chi connectivity index (χ1) is 7.22. The lowest BCUT2D eigenvalue weighted by atomic mass is 10.1. The molecule has 1 nitrogen and oxygen atoms in total. The third kappa shape index (κ3) is 4.93. The van der Waals surface area contributed by atoms with Crippen LogP contribution in [0.3, 0.4) is 0 Å². The Kier molecular flexibility index (Phi) is 5.33. The minimum Gasteiger partial charge on any atom is -0.314 e. The van der Waals surface area contributed by atoms with Crippen molar-refractivity contribution in [1.29, 1.82) is 0 Å². The van der Waals surface area contributed by atoms with Gasteiger partial charge in [0.2, 0.25) is 0 Å². The summed E-state index contributed by atoms with van der Waals surface area (Å²) in [7, 11) is 0. The van der Waals surface area contributed by atoms with E-state index in [1.165, 1.54) is 30.5 Å². The maximum Gasteiger partial charge on any atom is 0.123 e. The summed E-state index contributed by atoms with van der Waals surface area (Å²) in [6.45, 7) is 5.36. The highest BCUT2D eigenvalue weighted by Crippen LogP contribution is 2.03. The molecule has 0 radical (unpaired) electrons. The van der Waals surface area contributed by atoms with Crippen LogP contribution >= 0.6 is 0 Å². The minimum absolute atomic E-state index is 0.161. The maximum absolute atomic E-state index is 12.6. The van der Waals surface area contributed by atoms with Crippen LogP contribution in [0.5, 0.6) is 0 Å². The van der Waals surface area contributed by atoms with Crippen LogP contribution in [-0.4, -0.2) is 12.6 Å². The summed E-state index contributed by atoms with van der Waals surface area (Å²) in [4.78, 5) is 0. The monoisotopic (exact) mass is 209 g/mol. The summed E-state index contributed by atoms with van der Waals surface area (Å²) in [5.41, 5.74) is 1.19. The average Bonchev–Trinajstić information content (AvgIpc) is 2.21. The van der Waals surface area contributed by atoms with Crippen LogP contribution in [0, 0.1) is 5.82 Å². The average molecular weight is 209 g/mol. The fourth-order valence-electron chi connectivity index (χ4n) is 1.65. The third-order valence-corrected chi connectivity index (χ3v) is 2.54. The normalized spacial score (nSPS) is 12.7. The summed E-state index contributed by atoms with van der Waals surface area (Å²) >= 11 is 0. The molecule has 2 heteroatoms. The van der Waals surface area contributed by atoms with Gasteiger partial charge < -0.3 is 5.32 Å². The van der Waals surface area contributed by atoms with Crippen LogP contribution in [0.15, 0.2) is 24.3 Å². The van der Waals surface area contributed by atoms with E-state index in [4.69, 9.17) is 0 Å². The van der Waals surface area contributed by atoms with Crippen LogP contribution in [0.1, 0.15) is 32.3 Å². The SMILES string of the molecule is CCC[C@@H](C)NCCc1ccc(F)cc1. The van der Waals surface area contributed by atoms with Crippen molar-refractivity contribution in [3.05, 3.63) is 35.6 Å². The quantitative estimate of drug-likeness (QED) is 0.759. The lowest BCUT2D eigenvalue weighted by molar-refractivity contribution is 0.512. The molecular weight excluding hydrogens is 189 g/mol. The summed E-state index contributed by atoms with van der Waals surface area (Å²) in [6, 6.07) is 7.31. The van der Waals surface area contributed by atoms with Crippen molar-refractivity contribution in [2.75, 3.05) is 6.54 Å². The van der Waals surface area contributed by atoms with Gasteiger partial charge in [0.1, 0.15) is 5.82 Å². The Morgan fingerprint density at radius 1 is 1.27 bits per heavy atom. The molecule has 0 bridgehead atoms. The highest BCUT2D eigenvalue weighted by molar-refractivity contribution is 5.16. The molecule has 0 aliphatic rings. The Morgan fingerprint density at radius 2 is 1.93 bits per heavy atom. The molecule has 0 aliphatic heterocycles. The molecule has 0 heterocycles. The van der Waals surface area contributed by atoms with Gasteiger partial charge in [0.15, 0.2) is 0 Å². The molecule has 15 heavy (non-hydrogen) atoms. The zero-order valence-electron chi connectivity index (χ0n) is 9.59. The lowest BCUT2D eigenvalue weighted by Crippen LogP contribution is -2.27. The van der Waals surface area contributed by atoms with E-state index in [0.717, 1.165) is 13.0 Å². The molecule has 0 fully saturated rings. The summed E-state index contributed by atoms with van der Waals surface area (Å²) < 4.78 is 12.6. The molecule has 0 aromatic heterocycles. The van der Waals surface area contributed by atoms with Crippen LogP contribution < -0.4 is 5.32 Å². The van der Waals surface area contributed by atoms with E-state index in [9.17, 15) is 4.39 Å². The van der Waals surface area contributed by atoms with Crippen molar-refractivity contribution in [2.45, 2.75) is 39.2 Å². The number of halogens is 1. The van der Waals surface area contributed by atoms with Gasteiger partial charge in [0.05, 0.1) is 0 Å².